The first kappa shape index (κ1) is 28.2. The minimum atomic E-state index is -1.67. The van der Waals surface area contributed by atoms with Crippen LogP contribution in [-0.2, 0) is 17.3 Å². The molecule has 0 spiro atoms. The number of nitrogens with one attached hydrogen (secondary N) is 1. The van der Waals surface area contributed by atoms with Gasteiger partial charge in [-0.1, -0.05) is 123 Å². The van der Waals surface area contributed by atoms with E-state index in [0.717, 1.165) is 19.4 Å². The van der Waals surface area contributed by atoms with E-state index in [9.17, 15) is 0 Å². The van der Waals surface area contributed by atoms with Gasteiger partial charge in [0, 0.05) is 23.7 Å². The molecule has 0 aliphatic heterocycles. The van der Waals surface area contributed by atoms with Crippen LogP contribution in [0.1, 0.15) is 116 Å². The number of hydrogen-bond donors (Lipinski definition) is 1. The molecule has 0 unspecified atom stereocenters. The number of aromatic nitrogens is 1. The predicted octanol–water partition coefficient (Wildman–Crippen LogP) is 9.98. The Bertz CT molecular complexity index is 722. The van der Waals surface area contributed by atoms with E-state index < -0.39 is 8.32 Å². The van der Waals surface area contributed by atoms with Crippen LogP contribution in [-0.4, -0.2) is 19.9 Å². The van der Waals surface area contributed by atoms with E-state index in [1.807, 2.05) is 0 Å². The third-order valence-corrected chi connectivity index (χ3v) is 12.1. The molecule has 2 rings (SSSR count). The van der Waals surface area contributed by atoms with Crippen molar-refractivity contribution in [3.63, 3.8) is 0 Å². The van der Waals surface area contributed by atoms with Gasteiger partial charge < -0.3 is 9.41 Å². The second kappa shape index (κ2) is 16.5. The van der Waals surface area contributed by atoms with E-state index in [-0.39, 0.29) is 0 Å². The van der Waals surface area contributed by atoms with Crippen LogP contribution in [0.2, 0.25) is 18.1 Å². The summed E-state index contributed by atoms with van der Waals surface area (Å²) in [7, 11) is -1.67. The zero-order chi connectivity index (χ0) is 23.8. The Labute approximate surface area is 206 Å². The van der Waals surface area contributed by atoms with Gasteiger partial charge in [0.2, 0.25) is 0 Å². The molecule has 1 aromatic heterocycles. The lowest BCUT2D eigenvalue weighted by Gasteiger charge is -2.32. The predicted molar refractivity (Wildman–Crippen MR) is 150 cm³/mol. The second-order valence-electron chi connectivity index (χ2n) is 10.2. The number of rotatable bonds is 20. The van der Waals surface area contributed by atoms with Gasteiger partial charge >= 0.3 is 0 Å². The smallest absolute Gasteiger partial charge is 0.192 e. The van der Waals surface area contributed by atoms with Crippen molar-refractivity contribution in [3.05, 3.63) is 35.5 Å². The van der Waals surface area contributed by atoms with Gasteiger partial charge in [-0.25, -0.2) is 0 Å². The van der Waals surface area contributed by atoms with Crippen molar-refractivity contribution in [1.29, 1.82) is 0 Å². The van der Waals surface area contributed by atoms with Crippen molar-refractivity contribution in [1.82, 2.24) is 4.98 Å². The van der Waals surface area contributed by atoms with Gasteiger partial charge in [-0.2, -0.15) is 0 Å². The molecule has 1 aromatic carbocycles. The lowest BCUT2D eigenvalue weighted by atomic mass is 10.1. The summed E-state index contributed by atoms with van der Waals surface area (Å²) in [5.41, 5.74) is 4.19. The topological polar surface area (TPSA) is 25.0 Å². The molecule has 2 nitrogen and oxygen atoms in total. The summed E-state index contributed by atoms with van der Waals surface area (Å²) >= 11 is 0. The third kappa shape index (κ3) is 9.60. The molecular formula is C30H53NOSi. The molecule has 0 atom stereocenters. The molecule has 0 bridgehead atoms. The van der Waals surface area contributed by atoms with Crippen molar-refractivity contribution >= 4 is 19.2 Å². The second-order valence-corrected chi connectivity index (χ2v) is 14.4. The monoisotopic (exact) mass is 471 g/mol. The third-order valence-electron chi connectivity index (χ3n) is 7.51. The Balaban J connectivity index is 2.06. The van der Waals surface area contributed by atoms with Crippen LogP contribution >= 0.6 is 0 Å². The number of benzene rings is 1. The van der Waals surface area contributed by atoms with Crippen LogP contribution in [0.3, 0.4) is 0 Å². The van der Waals surface area contributed by atoms with Gasteiger partial charge in [0.15, 0.2) is 8.32 Å². The molecule has 1 N–H and O–H groups in total. The first-order chi connectivity index (χ1) is 16.2. The van der Waals surface area contributed by atoms with Crippen LogP contribution in [0.4, 0.5) is 0 Å². The first-order valence-electron chi connectivity index (χ1n) is 14.4. The molecule has 0 fully saturated rings. The Morgan fingerprint density at radius 3 is 1.79 bits per heavy atom. The van der Waals surface area contributed by atoms with Crippen molar-refractivity contribution in [3.8, 4) is 0 Å². The number of aryl methyl sites for hydroxylation is 1. The lowest BCUT2D eigenvalue weighted by molar-refractivity contribution is 0.297. The molecule has 188 valence electrons. The number of aromatic amines is 1. The highest BCUT2D eigenvalue weighted by Crippen LogP contribution is 2.31. The summed E-state index contributed by atoms with van der Waals surface area (Å²) in [5.74, 6) is 0. The van der Waals surface area contributed by atoms with Crippen molar-refractivity contribution in [2.24, 2.45) is 0 Å². The molecule has 0 saturated heterocycles. The van der Waals surface area contributed by atoms with E-state index in [1.54, 1.807) is 0 Å². The Hall–Kier alpha value is -1.06. The Morgan fingerprint density at radius 2 is 1.27 bits per heavy atom. The zero-order valence-corrected chi connectivity index (χ0v) is 23.4. The minimum absolute atomic E-state index is 0.908. The van der Waals surface area contributed by atoms with Crippen LogP contribution in [0.25, 0.3) is 10.9 Å². The number of H-pyrrole nitrogens is 1. The number of para-hydroxylation sites is 1. The summed E-state index contributed by atoms with van der Waals surface area (Å²) in [5, 5.41) is 1.40. The van der Waals surface area contributed by atoms with E-state index in [1.165, 1.54) is 117 Å². The molecule has 3 heteroatoms. The SMILES string of the molecule is CCCCCC[Si](CCCCCC)(CCCCCC)OCCc1c[nH]c2c(CC)cccc12. The highest BCUT2D eigenvalue weighted by atomic mass is 28.4. The molecule has 0 saturated carbocycles. The van der Waals surface area contributed by atoms with Gasteiger partial charge in [0.1, 0.15) is 0 Å². The number of unbranched alkanes of at least 4 members (excludes halogenated alkanes) is 9. The first-order valence-corrected chi connectivity index (χ1v) is 16.9. The van der Waals surface area contributed by atoms with Crippen molar-refractivity contribution in [2.75, 3.05) is 6.61 Å². The normalized spacial score (nSPS) is 12.1. The van der Waals surface area contributed by atoms with Crippen molar-refractivity contribution < 1.29 is 4.43 Å². The maximum Gasteiger partial charge on any atom is 0.192 e. The standard InChI is InChI=1S/C30H53NOSi/c1-5-9-12-15-23-33(24-16-13-10-6-2,25-17-14-11-7-3)32-22-21-28-26-31-30-27(8-4)19-18-20-29(28)30/h18-20,26,31H,5-17,21-25H2,1-4H3. The van der Waals surface area contributed by atoms with Gasteiger partial charge in [-0.15, -0.1) is 0 Å². The molecule has 33 heavy (non-hydrogen) atoms. The van der Waals surface area contributed by atoms with Gasteiger partial charge in [0.05, 0.1) is 0 Å². The van der Waals surface area contributed by atoms with E-state index in [4.69, 9.17) is 4.43 Å². The summed E-state index contributed by atoms with van der Waals surface area (Å²) in [6.45, 7) is 10.1. The Morgan fingerprint density at radius 1 is 0.697 bits per heavy atom. The minimum Gasteiger partial charge on any atom is -0.416 e. The number of hydrogen-bond acceptors (Lipinski definition) is 1. The molecule has 1 heterocycles. The quantitative estimate of drug-likeness (QED) is 0.151. The van der Waals surface area contributed by atoms with Gasteiger partial charge in [0.25, 0.3) is 0 Å². The Kier molecular flexibility index (Phi) is 14.1. The largest absolute Gasteiger partial charge is 0.416 e. The molecule has 0 aliphatic carbocycles. The van der Waals surface area contributed by atoms with E-state index in [0.29, 0.717) is 0 Å². The van der Waals surface area contributed by atoms with Crippen LogP contribution in [0.15, 0.2) is 24.4 Å². The van der Waals surface area contributed by atoms with Gasteiger partial charge in [-0.05, 0) is 42.1 Å². The zero-order valence-electron chi connectivity index (χ0n) is 22.4. The highest BCUT2D eigenvalue weighted by Gasteiger charge is 2.33. The van der Waals surface area contributed by atoms with E-state index in [2.05, 4.69) is 57.1 Å². The highest BCUT2D eigenvalue weighted by molar-refractivity contribution is 6.73. The van der Waals surface area contributed by atoms with Crippen LogP contribution in [0, 0.1) is 0 Å². The fourth-order valence-electron chi connectivity index (χ4n) is 5.37. The summed E-state index contributed by atoms with van der Waals surface area (Å²) in [6.07, 6.45) is 20.8. The maximum absolute atomic E-state index is 7.07. The molecule has 2 aromatic rings. The summed E-state index contributed by atoms with van der Waals surface area (Å²) in [6, 6.07) is 10.9. The van der Waals surface area contributed by atoms with E-state index >= 15 is 0 Å². The summed E-state index contributed by atoms with van der Waals surface area (Å²) in [4.78, 5) is 3.56. The van der Waals surface area contributed by atoms with Crippen molar-refractivity contribution in [2.45, 2.75) is 136 Å². The summed E-state index contributed by atoms with van der Waals surface area (Å²) < 4.78 is 7.07. The average molecular weight is 472 g/mol. The maximum atomic E-state index is 7.07. The fourth-order valence-corrected chi connectivity index (χ4v) is 9.77. The van der Waals surface area contributed by atoms with Crippen LogP contribution in [0.5, 0.6) is 0 Å². The molecule has 0 radical (unpaired) electrons. The van der Waals surface area contributed by atoms with Crippen LogP contribution < -0.4 is 0 Å². The fraction of sp³-hybridized carbons (Fsp3) is 0.733. The molecule has 0 amide bonds. The number of fused-ring (bicyclic) bond motifs is 1. The molecular weight excluding hydrogens is 418 g/mol. The van der Waals surface area contributed by atoms with Gasteiger partial charge in [-0.3, -0.25) is 0 Å². The lowest BCUT2D eigenvalue weighted by Crippen LogP contribution is -2.39. The molecule has 0 aliphatic rings. The average Bonchev–Trinajstić information content (AvgIpc) is 3.25.